The predicted molar refractivity (Wildman–Crippen MR) is 80.5 cm³/mol. The molecule has 0 radical (unpaired) electrons. The van der Waals surface area contributed by atoms with Crippen LogP contribution in [0.3, 0.4) is 0 Å². The van der Waals surface area contributed by atoms with Crippen LogP contribution in [0.5, 0.6) is 0 Å². The van der Waals surface area contributed by atoms with Gasteiger partial charge in [0.2, 0.25) is 0 Å². The quantitative estimate of drug-likeness (QED) is 0.884. The summed E-state index contributed by atoms with van der Waals surface area (Å²) < 4.78 is 28.2. The summed E-state index contributed by atoms with van der Waals surface area (Å²) in [6.45, 7) is 1.57. The van der Waals surface area contributed by atoms with Gasteiger partial charge in [0, 0.05) is 32.7 Å². The standard InChI is InChI=1S/C14H23N3O2S/c1-15-14-9-6-10-17(12-14)20(18,19)16(2)11-13-7-4-3-5-8-13/h3-5,7-8,14-15H,6,9-12H2,1-2H3. The Morgan fingerprint density at radius 2 is 2.05 bits per heavy atom. The Morgan fingerprint density at radius 1 is 1.35 bits per heavy atom. The zero-order valence-corrected chi connectivity index (χ0v) is 12.9. The summed E-state index contributed by atoms with van der Waals surface area (Å²) >= 11 is 0. The molecule has 1 N–H and O–H groups in total. The first-order valence-corrected chi connectivity index (χ1v) is 8.36. The highest BCUT2D eigenvalue weighted by Crippen LogP contribution is 2.17. The highest BCUT2D eigenvalue weighted by atomic mass is 32.2. The average Bonchev–Trinajstić information content (AvgIpc) is 2.48. The van der Waals surface area contributed by atoms with Crippen molar-refractivity contribution in [1.29, 1.82) is 0 Å². The first-order chi connectivity index (χ1) is 9.54. The molecule has 1 unspecified atom stereocenters. The molecule has 0 amide bonds. The largest absolute Gasteiger partial charge is 0.316 e. The molecule has 112 valence electrons. The fraction of sp³-hybridized carbons (Fsp3) is 0.571. The van der Waals surface area contributed by atoms with Crippen molar-refractivity contribution in [2.75, 3.05) is 27.2 Å². The maximum Gasteiger partial charge on any atom is 0.282 e. The Morgan fingerprint density at radius 3 is 2.70 bits per heavy atom. The van der Waals surface area contributed by atoms with E-state index in [-0.39, 0.29) is 6.04 Å². The van der Waals surface area contributed by atoms with Crippen LogP contribution in [0.4, 0.5) is 0 Å². The van der Waals surface area contributed by atoms with Crippen molar-refractivity contribution in [1.82, 2.24) is 13.9 Å². The SMILES string of the molecule is CNC1CCCN(S(=O)(=O)N(C)Cc2ccccc2)C1. The van der Waals surface area contributed by atoms with Gasteiger partial charge in [-0.25, -0.2) is 0 Å². The van der Waals surface area contributed by atoms with Crippen LogP contribution in [-0.2, 0) is 16.8 Å². The van der Waals surface area contributed by atoms with E-state index in [1.54, 1.807) is 11.4 Å². The number of nitrogens with zero attached hydrogens (tertiary/aromatic N) is 2. The molecule has 1 atom stereocenters. The lowest BCUT2D eigenvalue weighted by molar-refractivity contribution is 0.273. The Labute approximate surface area is 121 Å². The highest BCUT2D eigenvalue weighted by molar-refractivity contribution is 7.86. The number of hydrogen-bond donors (Lipinski definition) is 1. The fourth-order valence-corrected chi connectivity index (χ4v) is 3.94. The maximum absolute atomic E-state index is 12.6. The number of piperidine rings is 1. The molecule has 0 aliphatic carbocycles. The molecule has 1 aliphatic heterocycles. The molecule has 0 aromatic heterocycles. The third-order valence-electron chi connectivity index (χ3n) is 3.76. The van der Waals surface area contributed by atoms with Gasteiger partial charge >= 0.3 is 0 Å². The zero-order valence-electron chi connectivity index (χ0n) is 12.1. The van der Waals surface area contributed by atoms with Crippen LogP contribution in [0.25, 0.3) is 0 Å². The number of rotatable bonds is 5. The molecule has 6 heteroatoms. The van der Waals surface area contributed by atoms with Crippen LogP contribution >= 0.6 is 0 Å². The van der Waals surface area contributed by atoms with E-state index in [0.29, 0.717) is 19.6 Å². The van der Waals surface area contributed by atoms with Gasteiger partial charge in [0.05, 0.1) is 0 Å². The van der Waals surface area contributed by atoms with Gasteiger partial charge in [0.15, 0.2) is 0 Å². The molecule has 0 spiro atoms. The Hall–Kier alpha value is -0.950. The van der Waals surface area contributed by atoms with Gasteiger partial charge in [0.1, 0.15) is 0 Å². The lowest BCUT2D eigenvalue weighted by Gasteiger charge is -2.34. The first kappa shape index (κ1) is 15.4. The molecule has 20 heavy (non-hydrogen) atoms. The van der Waals surface area contributed by atoms with Crippen LogP contribution in [-0.4, -0.2) is 50.3 Å². The average molecular weight is 297 g/mol. The molecule has 1 fully saturated rings. The van der Waals surface area contributed by atoms with E-state index in [1.807, 2.05) is 37.4 Å². The third kappa shape index (κ3) is 3.58. The number of hydrogen-bond acceptors (Lipinski definition) is 3. The van der Waals surface area contributed by atoms with Crippen molar-refractivity contribution in [2.45, 2.75) is 25.4 Å². The van der Waals surface area contributed by atoms with Crippen LogP contribution in [0, 0.1) is 0 Å². The minimum absolute atomic E-state index is 0.253. The van der Waals surface area contributed by atoms with E-state index in [4.69, 9.17) is 0 Å². The minimum atomic E-state index is -3.38. The van der Waals surface area contributed by atoms with Crippen molar-refractivity contribution >= 4 is 10.2 Å². The molecule has 0 bridgehead atoms. The zero-order chi connectivity index (χ0) is 14.6. The molecule has 1 aliphatic rings. The van der Waals surface area contributed by atoms with E-state index in [1.165, 1.54) is 4.31 Å². The van der Waals surface area contributed by atoms with E-state index in [9.17, 15) is 8.42 Å². The summed E-state index contributed by atoms with van der Waals surface area (Å²) in [5.74, 6) is 0. The highest BCUT2D eigenvalue weighted by Gasteiger charge is 2.31. The van der Waals surface area contributed by atoms with Crippen molar-refractivity contribution < 1.29 is 8.42 Å². The number of nitrogens with one attached hydrogen (secondary N) is 1. The topological polar surface area (TPSA) is 52.7 Å². The molecular weight excluding hydrogens is 274 g/mol. The second kappa shape index (κ2) is 6.67. The van der Waals surface area contributed by atoms with E-state index in [2.05, 4.69) is 5.32 Å². The third-order valence-corrected chi connectivity index (χ3v) is 5.66. The fourth-order valence-electron chi connectivity index (χ4n) is 2.51. The maximum atomic E-state index is 12.6. The van der Waals surface area contributed by atoms with Gasteiger partial charge in [-0.05, 0) is 25.5 Å². The normalized spacial score (nSPS) is 21.2. The van der Waals surface area contributed by atoms with Gasteiger partial charge < -0.3 is 5.32 Å². The molecule has 1 aromatic carbocycles. The van der Waals surface area contributed by atoms with Crippen molar-refractivity contribution in [3.05, 3.63) is 35.9 Å². The lowest BCUT2D eigenvalue weighted by Crippen LogP contribution is -2.50. The summed E-state index contributed by atoms with van der Waals surface area (Å²) in [6, 6.07) is 9.92. The number of benzene rings is 1. The molecule has 0 saturated carbocycles. The van der Waals surface area contributed by atoms with Gasteiger partial charge in [-0.3, -0.25) is 0 Å². The Kier molecular flexibility index (Phi) is 5.15. The second-order valence-corrected chi connectivity index (χ2v) is 7.27. The lowest BCUT2D eigenvalue weighted by atomic mass is 10.1. The van der Waals surface area contributed by atoms with Crippen LogP contribution in [0.15, 0.2) is 30.3 Å². The monoisotopic (exact) mass is 297 g/mol. The smallest absolute Gasteiger partial charge is 0.282 e. The van der Waals surface area contributed by atoms with Crippen LogP contribution in [0.1, 0.15) is 18.4 Å². The van der Waals surface area contributed by atoms with E-state index < -0.39 is 10.2 Å². The minimum Gasteiger partial charge on any atom is -0.316 e. The van der Waals surface area contributed by atoms with E-state index in [0.717, 1.165) is 18.4 Å². The van der Waals surface area contributed by atoms with Gasteiger partial charge in [-0.1, -0.05) is 30.3 Å². The van der Waals surface area contributed by atoms with Crippen molar-refractivity contribution in [3.63, 3.8) is 0 Å². The summed E-state index contributed by atoms with van der Waals surface area (Å²) in [5.41, 5.74) is 1.00. The van der Waals surface area contributed by atoms with E-state index >= 15 is 0 Å². The molecule has 5 nitrogen and oxygen atoms in total. The Bertz CT molecular complexity index is 518. The molecule has 1 saturated heterocycles. The summed E-state index contributed by atoms with van der Waals surface area (Å²) in [4.78, 5) is 0. The van der Waals surface area contributed by atoms with Gasteiger partial charge in [-0.15, -0.1) is 0 Å². The number of likely N-dealkylation sites (N-methyl/N-ethyl adjacent to an activating group) is 1. The van der Waals surface area contributed by atoms with Gasteiger partial charge in [0.25, 0.3) is 10.2 Å². The second-order valence-electron chi connectivity index (χ2n) is 5.24. The predicted octanol–water partition coefficient (Wildman–Crippen LogP) is 1.05. The first-order valence-electron chi connectivity index (χ1n) is 6.96. The molecular formula is C14H23N3O2S. The summed E-state index contributed by atoms with van der Waals surface area (Å²) in [6.07, 6.45) is 1.94. The summed E-state index contributed by atoms with van der Waals surface area (Å²) in [5, 5.41) is 3.17. The molecule has 1 aromatic rings. The molecule has 2 rings (SSSR count). The van der Waals surface area contributed by atoms with Crippen molar-refractivity contribution in [3.8, 4) is 0 Å². The Balaban J connectivity index is 2.05. The van der Waals surface area contributed by atoms with Crippen molar-refractivity contribution in [2.24, 2.45) is 0 Å². The van der Waals surface area contributed by atoms with Gasteiger partial charge in [-0.2, -0.15) is 17.0 Å². The summed E-state index contributed by atoms with van der Waals surface area (Å²) in [7, 11) is 0.151. The van der Waals surface area contributed by atoms with Crippen LogP contribution < -0.4 is 5.32 Å². The van der Waals surface area contributed by atoms with Crippen LogP contribution in [0.2, 0.25) is 0 Å². The molecule has 1 heterocycles.